The Morgan fingerprint density at radius 1 is 0.867 bits per heavy atom. The lowest BCUT2D eigenvalue weighted by Crippen LogP contribution is -2.41. The number of carbonyl (C=O) groups excluding carboxylic acids is 2. The molecule has 1 saturated carbocycles. The summed E-state index contributed by atoms with van der Waals surface area (Å²) >= 11 is 0. The first-order valence-electron chi connectivity index (χ1n) is 10.0. The highest BCUT2D eigenvalue weighted by Crippen LogP contribution is 2.32. The van der Waals surface area contributed by atoms with E-state index in [0.717, 1.165) is 4.31 Å². The lowest BCUT2D eigenvalue weighted by atomic mass is 9.84. The lowest BCUT2D eigenvalue weighted by Gasteiger charge is -2.22. The van der Waals surface area contributed by atoms with Crippen molar-refractivity contribution in [3.8, 4) is 0 Å². The van der Waals surface area contributed by atoms with Crippen molar-refractivity contribution >= 4 is 21.8 Å². The molecule has 160 valence electrons. The molecule has 0 heterocycles. The first-order chi connectivity index (χ1) is 14.3. The Kier molecular flexibility index (Phi) is 6.89. The number of nitrogens with one attached hydrogen (secondary N) is 2. The Balaban J connectivity index is 1.61. The summed E-state index contributed by atoms with van der Waals surface area (Å²) in [5, 5.41) is 0. The third-order valence-electron chi connectivity index (χ3n) is 5.41. The molecule has 0 aromatic heterocycles. The van der Waals surface area contributed by atoms with Crippen molar-refractivity contribution in [2.24, 2.45) is 0 Å². The Bertz CT molecular complexity index is 1010. The number of benzene rings is 2. The zero-order valence-corrected chi connectivity index (χ0v) is 18.0. The molecule has 0 radical (unpaired) electrons. The second-order valence-electron chi connectivity index (χ2n) is 7.68. The topological polar surface area (TPSA) is 95.6 Å². The van der Waals surface area contributed by atoms with Gasteiger partial charge in [-0.2, -0.15) is 0 Å². The van der Waals surface area contributed by atoms with E-state index in [1.54, 1.807) is 12.1 Å². The molecule has 30 heavy (non-hydrogen) atoms. The van der Waals surface area contributed by atoms with Gasteiger partial charge < -0.3 is 0 Å². The predicted molar refractivity (Wildman–Crippen MR) is 115 cm³/mol. The average Bonchev–Trinajstić information content (AvgIpc) is 2.78. The highest BCUT2D eigenvalue weighted by molar-refractivity contribution is 7.89. The molecule has 3 rings (SSSR count). The van der Waals surface area contributed by atoms with Gasteiger partial charge in [0.15, 0.2) is 0 Å². The standard InChI is InChI=1S/C22H27N3O4S/c1-25(2)30(28,29)20-10-6-9-19(15-20)22(27)24-23-21(26)18-13-11-17(12-14-18)16-7-4-3-5-8-16/h6,9-16H,3-5,7-8H2,1-2H3,(H,23,26)(H,24,27). The van der Waals surface area contributed by atoms with Gasteiger partial charge in [-0.3, -0.25) is 20.4 Å². The third-order valence-corrected chi connectivity index (χ3v) is 7.22. The highest BCUT2D eigenvalue weighted by atomic mass is 32.2. The first kappa shape index (κ1) is 22.0. The van der Waals surface area contributed by atoms with Crippen molar-refractivity contribution < 1.29 is 18.0 Å². The Labute approximate surface area is 177 Å². The van der Waals surface area contributed by atoms with Gasteiger partial charge in [-0.05, 0) is 54.7 Å². The summed E-state index contributed by atoms with van der Waals surface area (Å²) in [6.45, 7) is 0. The maximum absolute atomic E-state index is 12.4. The molecule has 2 N–H and O–H groups in total. The molecule has 2 amide bonds. The molecule has 8 heteroatoms. The van der Waals surface area contributed by atoms with E-state index in [0.29, 0.717) is 11.5 Å². The Morgan fingerprint density at radius 2 is 1.47 bits per heavy atom. The van der Waals surface area contributed by atoms with Crippen molar-refractivity contribution in [2.45, 2.75) is 42.9 Å². The van der Waals surface area contributed by atoms with E-state index in [-0.39, 0.29) is 10.5 Å². The van der Waals surface area contributed by atoms with E-state index < -0.39 is 21.8 Å². The van der Waals surface area contributed by atoms with Crippen LogP contribution >= 0.6 is 0 Å². The first-order valence-corrected chi connectivity index (χ1v) is 11.5. The van der Waals surface area contributed by atoms with E-state index in [1.165, 1.54) is 76.0 Å². The number of sulfonamides is 1. The van der Waals surface area contributed by atoms with Gasteiger partial charge in [0.05, 0.1) is 4.90 Å². The number of rotatable bonds is 5. The van der Waals surface area contributed by atoms with E-state index in [2.05, 4.69) is 10.9 Å². The second kappa shape index (κ2) is 9.40. The molecule has 1 aliphatic rings. The molecule has 0 saturated heterocycles. The van der Waals surface area contributed by atoms with Gasteiger partial charge in [0.1, 0.15) is 0 Å². The lowest BCUT2D eigenvalue weighted by molar-refractivity contribution is 0.0846. The van der Waals surface area contributed by atoms with Crippen LogP contribution in [0, 0.1) is 0 Å². The molecule has 1 fully saturated rings. The second-order valence-corrected chi connectivity index (χ2v) is 9.83. The van der Waals surface area contributed by atoms with E-state index in [4.69, 9.17) is 0 Å². The maximum Gasteiger partial charge on any atom is 0.269 e. The molecule has 2 aromatic carbocycles. The van der Waals surface area contributed by atoms with Crippen molar-refractivity contribution in [3.05, 3.63) is 65.2 Å². The summed E-state index contributed by atoms with van der Waals surface area (Å²) in [7, 11) is -0.818. The van der Waals surface area contributed by atoms with Crippen LogP contribution < -0.4 is 10.9 Å². The molecule has 0 bridgehead atoms. The molecule has 0 aliphatic heterocycles. The number of nitrogens with zero attached hydrogens (tertiary/aromatic N) is 1. The minimum absolute atomic E-state index is 0.00442. The van der Waals surface area contributed by atoms with Crippen LogP contribution in [0.1, 0.15) is 64.3 Å². The molecule has 0 unspecified atom stereocenters. The van der Waals surface area contributed by atoms with Crippen LogP contribution in [0.25, 0.3) is 0 Å². The number of hydrogen-bond donors (Lipinski definition) is 2. The monoisotopic (exact) mass is 429 g/mol. The molecule has 7 nitrogen and oxygen atoms in total. The van der Waals surface area contributed by atoms with Gasteiger partial charge in [0.25, 0.3) is 11.8 Å². The van der Waals surface area contributed by atoms with Crippen LogP contribution in [0.4, 0.5) is 0 Å². The zero-order valence-electron chi connectivity index (χ0n) is 17.2. The van der Waals surface area contributed by atoms with Crippen molar-refractivity contribution in [2.75, 3.05) is 14.1 Å². The number of amides is 2. The van der Waals surface area contributed by atoms with Gasteiger partial charge in [-0.1, -0.05) is 37.5 Å². The van der Waals surface area contributed by atoms with E-state index >= 15 is 0 Å². The number of hydrogen-bond acceptors (Lipinski definition) is 4. The quantitative estimate of drug-likeness (QED) is 0.714. The summed E-state index contributed by atoms with van der Waals surface area (Å²) in [4.78, 5) is 24.7. The summed E-state index contributed by atoms with van der Waals surface area (Å²) < 4.78 is 25.5. The summed E-state index contributed by atoms with van der Waals surface area (Å²) in [6, 6.07) is 13.1. The summed E-state index contributed by atoms with van der Waals surface area (Å²) in [5.74, 6) is -0.477. The molecular weight excluding hydrogens is 402 g/mol. The van der Waals surface area contributed by atoms with Gasteiger partial charge >= 0.3 is 0 Å². The van der Waals surface area contributed by atoms with Crippen LogP contribution in [-0.2, 0) is 10.0 Å². The fourth-order valence-corrected chi connectivity index (χ4v) is 4.56. The van der Waals surface area contributed by atoms with Crippen LogP contribution in [0.5, 0.6) is 0 Å². The Hall–Kier alpha value is -2.71. The smallest absolute Gasteiger partial charge is 0.267 e. The SMILES string of the molecule is CN(C)S(=O)(=O)c1cccc(C(=O)NNC(=O)c2ccc(C3CCCCC3)cc2)c1. The largest absolute Gasteiger partial charge is 0.269 e. The van der Waals surface area contributed by atoms with Crippen molar-refractivity contribution in [1.29, 1.82) is 0 Å². The molecular formula is C22H27N3O4S. The van der Waals surface area contributed by atoms with Gasteiger partial charge in [0, 0.05) is 25.2 Å². The van der Waals surface area contributed by atoms with Gasteiger partial charge in [0.2, 0.25) is 10.0 Å². The molecule has 2 aromatic rings. The number of carbonyl (C=O) groups is 2. The number of hydrazine groups is 1. The predicted octanol–water partition coefficient (Wildman–Crippen LogP) is 3.06. The fraction of sp³-hybridized carbons (Fsp3) is 0.364. The average molecular weight is 430 g/mol. The molecule has 0 atom stereocenters. The van der Waals surface area contributed by atoms with Crippen molar-refractivity contribution in [3.63, 3.8) is 0 Å². The van der Waals surface area contributed by atoms with Gasteiger partial charge in [-0.15, -0.1) is 0 Å². The minimum Gasteiger partial charge on any atom is -0.267 e. The van der Waals surface area contributed by atoms with Crippen LogP contribution in [0.2, 0.25) is 0 Å². The summed E-state index contributed by atoms with van der Waals surface area (Å²) in [6.07, 6.45) is 6.15. The Morgan fingerprint density at radius 3 is 2.07 bits per heavy atom. The third kappa shape index (κ3) is 5.06. The van der Waals surface area contributed by atoms with E-state index in [9.17, 15) is 18.0 Å². The fourth-order valence-electron chi connectivity index (χ4n) is 3.61. The minimum atomic E-state index is -3.65. The maximum atomic E-state index is 12.4. The zero-order chi connectivity index (χ0) is 21.7. The van der Waals surface area contributed by atoms with Crippen molar-refractivity contribution in [1.82, 2.24) is 15.2 Å². The highest BCUT2D eigenvalue weighted by Gasteiger charge is 2.19. The van der Waals surface area contributed by atoms with Gasteiger partial charge in [-0.25, -0.2) is 12.7 Å². The molecule has 1 aliphatic carbocycles. The van der Waals surface area contributed by atoms with Crippen LogP contribution in [0.15, 0.2) is 53.4 Å². The summed E-state index contributed by atoms with van der Waals surface area (Å²) in [5.41, 5.74) is 6.53. The van der Waals surface area contributed by atoms with Crippen LogP contribution in [0.3, 0.4) is 0 Å². The van der Waals surface area contributed by atoms with Crippen LogP contribution in [-0.4, -0.2) is 38.6 Å². The van der Waals surface area contributed by atoms with E-state index in [1.807, 2.05) is 12.1 Å². The molecule has 0 spiro atoms. The normalized spacial score (nSPS) is 15.0.